The van der Waals surface area contributed by atoms with Gasteiger partial charge in [-0.3, -0.25) is 0 Å². The number of rotatable bonds is 3. The molecule has 1 amide bonds. The van der Waals surface area contributed by atoms with Crippen molar-refractivity contribution in [1.29, 1.82) is 0 Å². The number of aromatic nitrogens is 2. The third-order valence-corrected chi connectivity index (χ3v) is 4.18. The highest BCUT2D eigenvalue weighted by atomic mass is 16.6. The minimum absolute atomic E-state index is 0.188. The number of ether oxygens (including phenoxy) is 1. The van der Waals surface area contributed by atoms with Crippen LogP contribution in [0, 0.1) is 0 Å². The number of imidazole rings is 1. The molecule has 0 bridgehead atoms. The largest absolute Gasteiger partial charge is 0.444 e. The van der Waals surface area contributed by atoms with Crippen LogP contribution < -0.4 is 10.6 Å². The van der Waals surface area contributed by atoms with E-state index in [1.807, 2.05) is 45.0 Å². The number of H-pyrrole nitrogens is 1. The molecule has 6 nitrogen and oxygen atoms in total. The molecule has 1 aliphatic carbocycles. The number of nitrogens with zero attached hydrogens (tertiary/aromatic N) is 1. The molecule has 1 aromatic carbocycles. The van der Waals surface area contributed by atoms with Crippen LogP contribution >= 0.6 is 0 Å². The van der Waals surface area contributed by atoms with Crippen LogP contribution in [-0.4, -0.2) is 33.7 Å². The summed E-state index contributed by atoms with van der Waals surface area (Å²) in [5.74, 6) is 0.819. The number of nitrogens with one attached hydrogen (secondary N) is 3. The van der Waals surface area contributed by atoms with Gasteiger partial charge in [0.25, 0.3) is 0 Å². The number of benzene rings is 1. The number of fused-ring (bicyclic) bond motifs is 1. The lowest BCUT2D eigenvalue weighted by Gasteiger charge is -2.30. The molecule has 1 heterocycles. The molecule has 1 saturated carbocycles. The van der Waals surface area contributed by atoms with E-state index in [4.69, 9.17) is 4.74 Å². The highest BCUT2D eigenvalue weighted by molar-refractivity contribution is 5.77. The maximum absolute atomic E-state index is 11.8. The van der Waals surface area contributed by atoms with Crippen molar-refractivity contribution in [3.8, 4) is 0 Å². The number of carbonyl (C=O) groups excluding carboxylic acids is 1. The number of hydrogen-bond acceptors (Lipinski definition) is 4. The molecule has 1 fully saturated rings. The zero-order chi connectivity index (χ0) is 17.2. The van der Waals surface area contributed by atoms with Gasteiger partial charge >= 0.3 is 6.09 Å². The molecular formula is C18H26N4O2. The molecule has 3 rings (SSSR count). The van der Waals surface area contributed by atoms with Crippen molar-refractivity contribution >= 4 is 23.1 Å². The number of hydrogen-bond donors (Lipinski definition) is 3. The fraction of sp³-hybridized carbons (Fsp3) is 0.556. The number of alkyl carbamates (subject to hydrolysis) is 1. The van der Waals surface area contributed by atoms with Gasteiger partial charge in [-0.25, -0.2) is 9.78 Å². The van der Waals surface area contributed by atoms with Crippen LogP contribution in [0.4, 0.5) is 10.7 Å². The molecule has 0 saturated heterocycles. The minimum atomic E-state index is -0.454. The first-order valence-electron chi connectivity index (χ1n) is 8.60. The molecule has 6 heteroatoms. The second-order valence-electron chi connectivity index (χ2n) is 7.44. The summed E-state index contributed by atoms with van der Waals surface area (Å²) < 4.78 is 5.32. The van der Waals surface area contributed by atoms with E-state index >= 15 is 0 Å². The first-order chi connectivity index (χ1) is 11.4. The molecule has 1 aromatic heterocycles. The third kappa shape index (κ3) is 4.40. The number of amides is 1. The monoisotopic (exact) mass is 330 g/mol. The van der Waals surface area contributed by atoms with Crippen LogP contribution in [0.2, 0.25) is 0 Å². The molecule has 1 aliphatic rings. The Morgan fingerprint density at radius 1 is 1.17 bits per heavy atom. The van der Waals surface area contributed by atoms with Crippen molar-refractivity contribution in [2.24, 2.45) is 0 Å². The highest BCUT2D eigenvalue weighted by Crippen LogP contribution is 2.23. The zero-order valence-corrected chi connectivity index (χ0v) is 14.6. The van der Waals surface area contributed by atoms with Gasteiger partial charge in [0.1, 0.15) is 5.60 Å². The van der Waals surface area contributed by atoms with Gasteiger partial charge in [0, 0.05) is 12.1 Å². The normalized spacial score (nSPS) is 21.5. The molecule has 3 N–H and O–H groups in total. The van der Waals surface area contributed by atoms with E-state index in [1.54, 1.807) is 0 Å². The van der Waals surface area contributed by atoms with Gasteiger partial charge in [-0.2, -0.15) is 0 Å². The maximum Gasteiger partial charge on any atom is 0.407 e. The lowest BCUT2D eigenvalue weighted by molar-refractivity contribution is 0.0492. The van der Waals surface area contributed by atoms with Crippen LogP contribution in [0.25, 0.3) is 11.0 Å². The van der Waals surface area contributed by atoms with Crippen LogP contribution in [0.15, 0.2) is 24.3 Å². The van der Waals surface area contributed by atoms with Gasteiger partial charge in [-0.1, -0.05) is 12.1 Å². The molecule has 0 spiro atoms. The average molecular weight is 330 g/mol. The van der Waals surface area contributed by atoms with Crippen molar-refractivity contribution in [2.45, 2.75) is 64.1 Å². The van der Waals surface area contributed by atoms with E-state index < -0.39 is 5.60 Å². The topological polar surface area (TPSA) is 79.0 Å². The fourth-order valence-corrected chi connectivity index (χ4v) is 3.07. The third-order valence-electron chi connectivity index (χ3n) is 4.18. The smallest absolute Gasteiger partial charge is 0.407 e. The summed E-state index contributed by atoms with van der Waals surface area (Å²) in [4.78, 5) is 19.7. The number of aromatic amines is 1. The Morgan fingerprint density at radius 2 is 1.83 bits per heavy atom. The summed E-state index contributed by atoms with van der Waals surface area (Å²) in [6.07, 6.45) is 3.56. The highest BCUT2D eigenvalue weighted by Gasteiger charge is 2.25. The fourth-order valence-electron chi connectivity index (χ4n) is 3.07. The summed E-state index contributed by atoms with van der Waals surface area (Å²) in [6.45, 7) is 5.63. The predicted molar refractivity (Wildman–Crippen MR) is 95.1 cm³/mol. The molecule has 0 aliphatic heterocycles. The Bertz CT molecular complexity index is 663. The molecule has 24 heavy (non-hydrogen) atoms. The Morgan fingerprint density at radius 3 is 2.50 bits per heavy atom. The van der Waals surface area contributed by atoms with Crippen LogP contribution in [-0.2, 0) is 4.74 Å². The molecule has 130 valence electrons. The minimum Gasteiger partial charge on any atom is -0.444 e. The number of anilines is 1. The van der Waals surface area contributed by atoms with E-state index in [9.17, 15) is 4.79 Å². The van der Waals surface area contributed by atoms with Crippen molar-refractivity contribution in [2.75, 3.05) is 5.32 Å². The lowest BCUT2D eigenvalue weighted by atomic mass is 9.91. The zero-order valence-electron chi connectivity index (χ0n) is 14.6. The SMILES string of the molecule is CC(C)(C)OC(=O)NC1CCC(Nc2nc3ccccc3[nH]2)CC1. The van der Waals surface area contributed by atoms with Gasteiger partial charge < -0.3 is 20.4 Å². The van der Waals surface area contributed by atoms with E-state index in [1.165, 1.54) is 0 Å². The van der Waals surface area contributed by atoms with Crippen LogP contribution in [0.3, 0.4) is 0 Å². The van der Waals surface area contributed by atoms with E-state index in [0.717, 1.165) is 42.7 Å². The summed E-state index contributed by atoms with van der Waals surface area (Å²) >= 11 is 0. The molecule has 0 radical (unpaired) electrons. The first-order valence-corrected chi connectivity index (χ1v) is 8.60. The second kappa shape index (κ2) is 6.71. The molecule has 0 unspecified atom stereocenters. The van der Waals surface area contributed by atoms with Gasteiger partial charge in [0.2, 0.25) is 5.95 Å². The van der Waals surface area contributed by atoms with Crippen molar-refractivity contribution < 1.29 is 9.53 Å². The van der Waals surface area contributed by atoms with Crippen LogP contribution in [0.5, 0.6) is 0 Å². The standard InChI is InChI=1S/C18H26N4O2/c1-18(2,3)24-17(23)20-13-10-8-12(9-11-13)19-16-21-14-6-4-5-7-15(14)22-16/h4-7,12-13H,8-11H2,1-3H3,(H,20,23)(H2,19,21,22). The Labute approximate surface area is 142 Å². The van der Waals surface area contributed by atoms with Gasteiger partial charge in [-0.05, 0) is 58.6 Å². The van der Waals surface area contributed by atoms with E-state index in [-0.39, 0.29) is 12.1 Å². The van der Waals surface area contributed by atoms with E-state index in [0.29, 0.717) is 6.04 Å². The Hall–Kier alpha value is -2.24. The van der Waals surface area contributed by atoms with E-state index in [2.05, 4.69) is 20.6 Å². The average Bonchev–Trinajstić information content (AvgIpc) is 2.89. The number of para-hydroxylation sites is 2. The second-order valence-corrected chi connectivity index (χ2v) is 7.44. The summed E-state index contributed by atoms with van der Waals surface area (Å²) in [5.41, 5.74) is 1.56. The predicted octanol–water partition coefficient (Wildman–Crippen LogP) is 3.81. The molecular weight excluding hydrogens is 304 g/mol. The summed E-state index contributed by atoms with van der Waals surface area (Å²) in [6, 6.07) is 8.57. The summed E-state index contributed by atoms with van der Waals surface area (Å²) in [7, 11) is 0. The maximum atomic E-state index is 11.8. The first kappa shape index (κ1) is 16.6. The Kier molecular flexibility index (Phi) is 4.64. The summed E-state index contributed by atoms with van der Waals surface area (Å²) in [5, 5.41) is 6.44. The van der Waals surface area contributed by atoms with Gasteiger partial charge in [0.05, 0.1) is 11.0 Å². The van der Waals surface area contributed by atoms with Crippen molar-refractivity contribution in [1.82, 2.24) is 15.3 Å². The van der Waals surface area contributed by atoms with Crippen LogP contribution in [0.1, 0.15) is 46.5 Å². The van der Waals surface area contributed by atoms with Crippen molar-refractivity contribution in [3.05, 3.63) is 24.3 Å². The lowest BCUT2D eigenvalue weighted by Crippen LogP contribution is -2.42. The quantitative estimate of drug-likeness (QED) is 0.799. The molecule has 0 atom stereocenters. The van der Waals surface area contributed by atoms with Gasteiger partial charge in [0.15, 0.2) is 0 Å². The number of carbonyl (C=O) groups is 1. The van der Waals surface area contributed by atoms with Gasteiger partial charge in [-0.15, -0.1) is 0 Å². The Balaban J connectivity index is 1.47. The molecule has 2 aromatic rings. The van der Waals surface area contributed by atoms with Crippen molar-refractivity contribution in [3.63, 3.8) is 0 Å².